The molecule has 2 rings (SSSR count). The van der Waals surface area contributed by atoms with Gasteiger partial charge in [-0.05, 0) is 30.5 Å². The monoisotopic (exact) mass is 381 g/mol. The van der Waals surface area contributed by atoms with Gasteiger partial charge in [0.15, 0.2) is 6.61 Å². The molecule has 5 heteroatoms. The maximum atomic E-state index is 12.8. The molecule has 2 aromatic carbocycles. The number of carbonyl (C=O) groups excluding carboxylic acids is 2. The highest BCUT2D eigenvalue weighted by atomic mass is 16.5. The van der Waals surface area contributed by atoms with E-state index in [4.69, 9.17) is 9.47 Å². The first-order valence-corrected chi connectivity index (χ1v) is 9.29. The molecule has 0 aliphatic rings. The van der Waals surface area contributed by atoms with Gasteiger partial charge in [0.25, 0.3) is 5.91 Å². The molecule has 148 valence electrons. The summed E-state index contributed by atoms with van der Waals surface area (Å²) in [6.45, 7) is 5.62. The van der Waals surface area contributed by atoms with Crippen LogP contribution in [-0.4, -0.2) is 31.6 Å². The van der Waals surface area contributed by atoms with Gasteiger partial charge in [0.2, 0.25) is 0 Å². The summed E-state index contributed by atoms with van der Waals surface area (Å²) in [6.07, 6.45) is 1.71. The zero-order chi connectivity index (χ0) is 20.5. The number of amides is 1. The van der Waals surface area contributed by atoms with Crippen LogP contribution in [0.4, 0.5) is 0 Å². The van der Waals surface area contributed by atoms with E-state index in [9.17, 15) is 9.59 Å². The molecule has 1 atom stereocenters. The van der Waals surface area contributed by atoms with Crippen LogP contribution in [0.3, 0.4) is 0 Å². The van der Waals surface area contributed by atoms with Crippen LogP contribution in [0, 0.1) is 5.92 Å². The van der Waals surface area contributed by atoms with Crippen LogP contribution in [-0.2, 0) is 14.3 Å². The van der Waals surface area contributed by atoms with Gasteiger partial charge >= 0.3 is 5.97 Å². The highest BCUT2D eigenvalue weighted by Crippen LogP contribution is 2.25. The lowest BCUT2D eigenvalue weighted by Crippen LogP contribution is -2.38. The van der Waals surface area contributed by atoms with Gasteiger partial charge in [-0.25, -0.2) is 4.79 Å². The van der Waals surface area contributed by atoms with Gasteiger partial charge in [-0.2, -0.15) is 0 Å². The first-order chi connectivity index (χ1) is 13.4. The van der Waals surface area contributed by atoms with E-state index in [1.54, 1.807) is 13.2 Å². The number of hydrogen-bond donors (Lipinski definition) is 1. The number of rotatable bonds is 8. The minimum Gasteiger partial charge on any atom is -0.496 e. The van der Waals surface area contributed by atoms with Gasteiger partial charge in [-0.3, -0.25) is 4.79 Å². The average Bonchev–Trinajstić information content (AvgIpc) is 2.71. The number of esters is 1. The zero-order valence-electron chi connectivity index (χ0n) is 16.8. The maximum absolute atomic E-state index is 12.8. The molecular formula is C23H27NO4. The predicted molar refractivity (Wildman–Crippen MR) is 111 cm³/mol. The molecule has 5 nitrogen and oxygen atoms in total. The fourth-order valence-electron chi connectivity index (χ4n) is 2.49. The lowest BCUT2D eigenvalue weighted by atomic mass is 10.0. The van der Waals surface area contributed by atoms with Gasteiger partial charge in [0.1, 0.15) is 5.75 Å². The van der Waals surface area contributed by atoms with Gasteiger partial charge in [-0.1, -0.05) is 62.4 Å². The molecule has 0 radical (unpaired) electrons. The van der Waals surface area contributed by atoms with Crippen molar-refractivity contribution in [2.75, 3.05) is 13.7 Å². The Labute approximate surface area is 166 Å². The van der Waals surface area contributed by atoms with Crippen molar-refractivity contribution in [2.24, 2.45) is 5.92 Å². The molecule has 0 aliphatic heterocycles. The molecule has 0 aliphatic carbocycles. The summed E-state index contributed by atoms with van der Waals surface area (Å²) in [6, 6.07) is 16.6. The molecule has 28 heavy (non-hydrogen) atoms. The molecule has 1 amide bonds. The lowest BCUT2D eigenvalue weighted by Gasteiger charge is -2.17. The number of methoxy groups -OCH3 is 1. The molecular weight excluding hydrogens is 354 g/mol. The topological polar surface area (TPSA) is 64.6 Å². The van der Waals surface area contributed by atoms with E-state index < -0.39 is 5.97 Å². The Morgan fingerprint density at radius 3 is 2.29 bits per heavy atom. The van der Waals surface area contributed by atoms with E-state index in [1.165, 1.54) is 0 Å². The fourth-order valence-corrected chi connectivity index (χ4v) is 2.49. The Morgan fingerprint density at radius 1 is 1.00 bits per heavy atom. The fraction of sp³-hybridized carbons (Fsp3) is 0.304. The van der Waals surface area contributed by atoms with E-state index in [0.29, 0.717) is 22.8 Å². The third-order valence-corrected chi connectivity index (χ3v) is 4.47. The molecule has 1 N–H and O–H groups in total. The summed E-state index contributed by atoms with van der Waals surface area (Å²) in [5.74, 6) is 0.0564. The van der Waals surface area contributed by atoms with Crippen LogP contribution >= 0.6 is 0 Å². The molecule has 0 fully saturated rings. The summed E-state index contributed by atoms with van der Waals surface area (Å²) < 4.78 is 10.7. The van der Waals surface area contributed by atoms with Gasteiger partial charge in [-0.15, -0.1) is 0 Å². The average molecular weight is 381 g/mol. The Balaban J connectivity index is 2.22. The molecule has 1 unspecified atom stereocenters. The first-order valence-electron chi connectivity index (χ1n) is 9.29. The second-order valence-electron chi connectivity index (χ2n) is 6.84. The molecule has 0 heterocycles. The number of carbonyl (C=O) groups is 2. The van der Waals surface area contributed by atoms with Gasteiger partial charge in [0.05, 0.1) is 12.7 Å². The van der Waals surface area contributed by atoms with E-state index >= 15 is 0 Å². The minimum atomic E-state index is -0.565. The normalized spacial score (nSPS) is 12.4. The van der Waals surface area contributed by atoms with Crippen molar-refractivity contribution in [1.82, 2.24) is 5.32 Å². The molecule has 0 saturated carbocycles. The molecule has 0 aromatic heterocycles. The van der Waals surface area contributed by atoms with Crippen molar-refractivity contribution in [1.29, 1.82) is 0 Å². The number of para-hydroxylation sites is 1. The highest BCUT2D eigenvalue weighted by molar-refractivity contribution is 6.22. The van der Waals surface area contributed by atoms with E-state index in [-0.39, 0.29) is 18.6 Å². The summed E-state index contributed by atoms with van der Waals surface area (Å²) >= 11 is 0. The number of ether oxygens (including phenoxy) is 2. The second kappa shape index (κ2) is 10.3. The van der Waals surface area contributed by atoms with Crippen molar-refractivity contribution in [2.45, 2.75) is 26.8 Å². The smallest absolute Gasteiger partial charge is 0.339 e. The lowest BCUT2D eigenvalue weighted by molar-refractivity contribution is -0.143. The van der Waals surface area contributed by atoms with E-state index in [2.05, 4.69) is 5.32 Å². The summed E-state index contributed by atoms with van der Waals surface area (Å²) in [4.78, 5) is 24.8. The Bertz CT molecular complexity index is 828. The summed E-state index contributed by atoms with van der Waals surface area (Å²) in [5.41, 5.74) is 1.81. The van der Waals surface area contributed by atoms with Crippen molar-refractivity contribution in [3.05, 3.63) is 65.7 Å². The first kappa shape index (κ1) is 21.2. The van der Waals surface area contributed by atoms with Crippen LogP contribution in [0.1, 0.15) is 31.9 Å². The van der Waals surface area contributed by atoms with Crippen LogP contribution in [0.2, 0.25) is 0 Å². The third-order valence-electron chi connectivity index (χ3n) is 4.47. The Kier molecular flexibility index (Phi) is 7.81. The Hall–Kier alpha value is -3.08. The van der Waals surface area contributed by atoms with E-state index in [0.717, 1.165) is 5.56 Å². The van der Waals surface area contributed by atoms with Crippen LogP contribution in [0.5, 0.6) is 5.75 Å². The largest absolute Gasteiger partial charge is 0.496 e. The number of hydrogen-bond acceptors (Lipinski definition) is 4. The standard InChI is InChI=1S/C23H27NO4/c1-16(2)17(3)24-22(25)15-28-23(26)20(18-10-6-5-7-11-18)14-19-12-8-9-13-21(19)27-4/h5-14,16-17H,15H2,1-4H3,(H,24,25)/b20-14+. The van der Waals surface area contributed by atoms with Crippen molar-refractivity contribution < 1.29 is 19.1 Å². The molecule has 0 spiro atoms. The number of nitrogens with one attached hydrogen (secondary N) is 1. The molecule has 0 bridgehead atoms. The van der Waals surface area contributed by atoms with Crippen molar-refractivity contribution >= 4 is 23.5 Å². The zero-order valence-corrected chi connectivity index (χ0v) is 16.8. The highest BCUT2D eigenvalue weighted by Gasteiger charge is 2.17. The summed E-state index contributed by atoms with van der Waals surface area (Å²) in [7, 11) is 1.58. The summed E-state index contributed by atoms with van der Waals surface area (Å²) in [5, 5.41) is 2.83. The van der Waals surface area contributed by atoms with Gasteiger partial charge in [0, 0.05) is 11.6 Å². The minimum absolute atomic E-state index is 0.00363. The van der Waals surface area contributed by atoms with Crippen LogP contribution in [0.15, 0.2) is 54.6 Å². The molecule has 2 aromatic rings. The predicted octanol–water partition coefficient (Wildman–Crippen LogP) is 3.94. The van der Waals surface area contributed by atoms with E-state index in [1.807, 2.05) is 75.4 Å². The second-order valence-corrected chi connectivity index (χ2v) is 6.84. The molecule has 0 saturated heterocycles. The SMILES string of the molecule is COc1ccccc1/C=C(/C(=O)OCC(=O)NC(C)C(C)C)c1ccccc1. The van der Waals surface area contributed by atoms with Crippen molar-refractivity contribution in [3.8, 4) is 5.75 Å². The quantitative estimate of drug-likeness (QED) is 0.427. The third kappa shape index (κ3) is 5.98. The van der Waals surface area contributed by atoms with Crippen molar-refractivity contribution in [3.63, 3.8) is 0 Å². The van der Waals surface area contributed by atoms with Gasteiger partial charge < -0.3 is 14.8 Å². The maximum Gasteiger partial charge on any atom is 0.339 e. The van der Waals surface area contributed by atoms with Crippen LogP contribution < -0.4 is 10.1 Å². The van der Waals surface area contributed by atoms with Crippen LogP contribution in [0.25, 0.3) is 11.6 Å². The Morgan fingerprint density at radius 2 is 1.64 bits per heavy atom. The number of benzene rings is 2.